The third kappa shape index (κ3) is 3.39. The van der Waals surface area contributed by atoms with E-state index < -0.39 is 0 Å². The van der Waals surface area contributed by atoms with Crippen LogP contribution in [-0.2, 0) is 0 Å². The van der Waals surface area contributed by atoms with Gasteiger partial charge in [-0.15, -0.1) is 0 Å². The number of fused-ring (bicyclic) bond motifs is 1. The van der Waals surface area contributed by atoms with E-state index in [-0.39, 0.29) is 18.7 Å². The zero-order valence-corrected chi connectivity index (χ0v) is 12.6. The number of amides is 2. The molecule has 2 amide bonds. The van der Waals surface area contributed by atoms with Crippen molar-refractivity contribution in [3.63, 3.8) is 0 Å². The monoisotopic (exact) mass is 303 g/mol. The van der Waals surface area contributed by atoms with E-state index in [1.807, 2.05) is 0 Å². The van der Waals surface area contributed by atoms with Crippen molar-refractivity contribution in [2.24, 2.45) is 5.92 Å². The van der Waals surface area contributed by atoms with Crippen LogP contribution in [0.3, 0.4) is 0 Å². The minimum atomic E-state index is -0.202. The number of benzene rings is 1. The summed E-state index contributed by atoms with van der Waals surface area (Å²) in [7, 11) is 0. The molecule has 0 bridgehead atoms. The van der Waals surface area contributed by atoms with Crippen LogP contribution in [0.15, 0.2) is 22.6 Å². The van der Waals surface area contributed by atoms with Gasteiger partial charge in [-0.25, -0.2) is 9.78 Å². The van der Waals surface area contributed by atoms with Crippen LogP contribution >= 0.6 is 0 Å². The number of carbonyl (C=O) groups is 1. The molecule has 6 heteroatoms. The Morgan fingerprint density at radius 1 is 1.36 bits per heavy atom. The van der Waals surface area contributed by atoms with Crippen molar-refractivity contribution in [2.45, 2.75) is 38.6 Å². The number of hydrogen-bond acceptors (Lipinski definition) is 4. The van der Waals surface area contributed by atoms with Gasteiger partial charge in [0.2, 0.25) is 0 Å². The number of oxazole rings is 1. The molecule has 1 aromatic heterocycles. The van der Waals surface area contributed by atoms with Gasteiger partial charge in [0, 0.05) is 25.3 Å². The molecule has 3 rings (SSSR count). The maximum Gasteiger partial charge on any atom is 0.319 e. The molecule has 2 aromatic rings. The van der Waals surface area contributed by atoms with Crippen LogP contribution < -0.4 is 10.6 Å². The number of aliphatic hydroxyl groups excluding tert-OH is 1. The molecule has 118 valence electrons. The van der Waals surface area contributed by atoms with Crippen molar-refractivity contribution < 1.29 is 14.3 Å². The van der Waals surface area contributed by atoms with Gasteiger partial charge in [-0.05, 0) is 49.8 Å². The average Bonchev–Trinajstić information content (AvgIpc) is 2.87. The maximum absolute atomic E-state index is 12.1. The Morgan fingerprint density at radius 2 is 2.14 bits per heavy atom. The standard InChI is InChI=1S/C16H21N3O3/c1-10-17-14-8-13(6-7-15(14)22-10)19-16(21)18-12-4-2-11(9-20)3-5-12/h6-8,11-12,20H,2-5,9H2,1H3,(H2,18,19,21). The fourth-order valence-corrected chi connectivity index (χ4v) is 2.96. The van der Waals surface area contributed by atoms with E-state index in [0.717, 1.165) is 31.2 Å². The second-order valence-corrected chi connectivity index (χ2v) is 5.91. The van der Waals surface area contributed by atoms with Gasteiger partial charge in [-0.1, -0.05) is 0 Å². The first-order valence-electron chi connectivity index (χ1n) is 7.69. The van der Waals surface area contributed by atoms with E-state index in [1.165, 1.54) is 0 Å². The molecular formula is C16H21N3O3. The zero-order valence-electron chi connectivity index (χ0n) is 12.6. The Kier molecular flexibility index (Phi) is 4.29. The van der Waals surface area contributed by atoms with E-state index >= 15 is 0 Å². The summed E-state index contributed by atoms with van der Waals surface area (Å²) in [4.78, 5) is 16.3. The first-order chi connectivity index (χ1) is 10.6. The summed E-state index contributed by atoms with van der Waals surface area (Å²) in [6, 6.07) is 5.38. The van der Waals surface area contributed by atoms with Gasteiger partial charge >= 0.3 is 6.03 Å². The summed E-state index contributed by atoms with van der Waals surface area (Å²) >= 11 is 0. The lowest BCUT2D eigenvalue weighted by molar-refractivity contribution is 0.176. The number of urea groups is 1. The molecular weight excluding hydrogens is 282 g/mol. The smallest absolute Gasteiger partial charge is 0.319 e. The number of nitrogens with one attached hydrogen (secondary N) is 2. The van der Waals surface area contributed by atoms with Gasteiger partial charge in [0.25, 0.3) is 0 Å². The summed E-state index contributed by atoms with van der Waals surface area (Å²) in [5.74, 6) is 0.996. The van der Waals surface area contributed by atoms with E-state index in [1.54, 1.807) is 25.1 Å². The highest BCUT2D eigenvalue weighted by molar-refractivity contribution is 5.91. The third-order valence-corrected chi connectivity index (χ3v) is 4.19. The number of aliphatic hydroxyl groups is 1. The topological polar surface area (TPSA) is 87.4 Å². The lowest BCUT2D eigenvalue weighted by Crippen LogP contribution is -2.40. The molecule has 22 heavy (non-hydrogen) atoms. The molecule has 1 heterocycles. The fraction of sp³-hybridized carbons (Fsp3) is 0.500. The predicted molar refractivity (Wildman–Crippen MR) is 83.7 cm³/mol. The molecule has 1 aliphatic rings. The van der Waals surface area contributed by atoms with Crippen LogP contribution in [0.5, 0.6) is 0 Å². The zero-order chi connectivity index (χ0) is 15.5. The van der Waals surface area contributed by atoms with Gasteiger partial charge in [-0.2, -0.15) is 0 Å². The molecule has 0 radical (unpaired) electrons. The second kappa shape index (κ2) is 6.36. The third-order valence-electron chi connectivity index (χ3n) is 4.19. The number of hydrogen-bond donors (Lipinski definition) is 3. The second-order valence-electron chi connectivity index (χ2n) is 5.91. The summed E-state index contributed by atoms with van der Waals surface area (Å²) in [5.41, 5.74) is 2.15. The first kappa shape index (κ1) is 14.8. The van der Waals surface area contributed by atoms with Gasteiger partial charge in [0.15, 0.2) is 11.5 Å². The van der Waals surface area contributed by atoms with Crippen LogP contribution in [0.4, 0.5) is 10.5 Å². The molecule has 1 fully saturated rings. The molecule has 0 saturated heterocycles. The summed E-state index contributed by atoms with van der Waals surface area (Å²) < 4.78 is 5.41. The maximum atomic E-state index is 12.1. The van der Waals surface area contributed by atoms with Crippen LogP contribution in [0.2, 0.25) is 0 Å². The number of rotatable bonds is 3. The van der Waals surface area contributed by atoms with E-state index in [0.29, 0.717) is 23.1 Å². The Hall–Kier alpha value is -2.08. The lowest BCUT2D eigenvalue weighted by atomic mass is 9.87. The number of nitrogens with zero attached hydrogens (tertiary/aromatic N) is 1. The highest BCUT2D eigenvalue weighted by atomic mass is 16.3. The first-order valence-corrected chi connectivity index (χ1v) is 7.69. The van der Waals surface area contributed by atoms with Crippen molar-refractivity contribution in [1.82, 2.24) is 10.3 Å². The van der Waals surface area contributed by atoms with Crippen molar-refractivity contribution in [2.75, 3.05) is 11.9 Å². The number of aryl methyl sites for hydroxylation is 1. The molecule has 0 aliphatic heterocycles. The molecule has 3 N–H and O–H groups in total. The van der Waals surface area contributed by atoms with Crippen LogP contribution in [-0.4, -0.2) is 28.8 Å². The summed E-state index contributed by atoms with van der Waals surface area (Å²) in [6.45, 7) is 2.04. The van der Waals surface area contributed by atoms with Crippen molar-refractivity contribution in [3.05, 3.63) is 24.1 Å². The van der Waals surface area contributed by atoms with Crippen LogP contribution in [0.1, 0.15) is 31.6 Å². The molecule has 0 atom stereocenters. The fourth-order valence-electron chi connectivity index (χ4n) is 2.96. The Balaban J connectivity index is 1.56. The molecule has 0 spiro atoms. The lowest BCUT2D eigenvalue weighted by Gasteiger charge is -2.27. The van der Waals surface area contributed by atoms with E-state index in [4.69, 9.17) is 9.52 Å². The quantitative estimate of drug-likeness (QED) is 0.813. The van der Waals surface area contributed by atoms with Crippen LogP contribution in [0, 0.1) is 12.8 Å². The van der Waals surface area contributed by atoms with Crippen molar-refractivity contribution in [1.29, 1.82) is 0 Å². The van der Waals surface area contributed by atoms with Crippen molar-refractivity contribution >= 4 is 22.8 Å². The van der Waals surface area contributed by atoms with Gasteiger partial charge in [0.05, 0.1) is 0 Å². The van der Waals surface area contributed by atoms with Crippen LogP contribution in [0.25, 0.3) is 11.1 Å². The minimum Gasteiger partial charge on any atom is -0.441 e. The molecule has 1 saturated carbocycles. The predicted octanol–water partition coefficient (Wildman–Crippen LogP) is 2.81. The minimum absolute atomic E-state index is 0.181. The average molecular weight is 303 g/mol. The molecule has 6 nitrogen and oxygen atoms in total. The highest BCUT2D eigenvalue weighted by Gasteiger charge is 2.21. The Labute approximate surface area is 128 Å². The number of carbonyl (C=O) groups excluding carboxylic acids is 1. The summed E-state index contributed by atoms with van der Waals surface area (Å²) in [5, 5.41) is 15.0. The number of anilines is 1. The normalized spacial score (nSPS) is 21.7. The van der Waals surface area contributed by atoms with Crippen molar-refractivity contribution in [3.8, 4) is 0 Å². The Bertz CT molecular complexity index is 660. The van der Waals surface area contributed by atoms with Gasteiger partial charge in [-0.3, -0.25) is 0 Å². The summed E-state index contributed by atoms with van der Waals surface area (Å²) in [6.07, 6.45) is 3.76. The van der Waals surface area contributed by atoms with E-state index in [2.05, 4.69) is 15.6 Å². The number of aromatic nitrogens is 1. The molecule has 1 aromatic carbocycles. The molecule has 1 aliphatic carbocycles. The SMILES string of the molecule is Cc1nc2cc(NC(=O)NC3CCC(CO)CC3)ccc2o1. The van der Waals surface area contributed by atoms with E-state index in [9.17, 15) is 4.79 Å². The van der Waals surface area contributed by atoms with Gasteiger partial charge in [0.1, 0.15) is 5.52 Å². The Morgan fingerprint density at radius 3 is 2.86 bits per heavy atom. The molecule has 0 unspecified atom stereocenters. The largest absolute Gasteiger partial charge is 0.441 e. The van der Waals surface area contributed by atoms with Gasteiger partial charge < -0.3 is 20.2 Å². The highest BCUT2D eigenvalue weighted by Crippen LogP contribution is 2.24.